The molecule has 36 heavy (non-hydrogen) atoms. The van der Waals surface area contributed by atoms with Gasteiger partial charge in [0.15, 0.2) is 0 Å². The van der Waals surface area contributed by atoms with Gasteiger partial charge < -0.3 is 15.2 Å². The lowest BCUT2D eigenvalue weighted by atomic mass is 9.85. The van der Waals surface area contributed by atoms with Crippen molar-refractivity contribution in [2.24, 2.45) is 5.92 Å². The summed E-state index contributed by atoms with van der Waals surface area (Å²) in [5.74, 6) is 1.25. The molecule has 2 fully saturated rings. The zero-order valence-electron chi connectivity index (χ0n) is 20.9. The number of sulfonamides is 1. The Kier molecular flexibility index (Phi) is 8.87. The highest BCUT2D eigenvalue weighted by atomic mass is 32.2. The third-order valence-electron chi connectivity index (χ3n) is 7.02. The van der Waals surface area contributed by atoms with Gasteiger partial charge in [0.1, 0.15) is 17.6 Å². The van der Waals surface area contributed by atoms with E-state index in [2.05, 4.69) is 14.9 Å². The first-order chi connectivity index (χ1) is 17.2. The summed E-state index contributed by atoms with van der Waals surface area (Å²) in [4.78, 5) is 14.9. The number of ether oxygens (including phenoxy) is 1. The second kappa shape index (κ2) is 12.1. The highest BCUT2D eigenvalue weighted by Crippen LogP contribution is 2.27. The van der Waals surface area contributed by atoms with Gasteiger partial charge in [0, 0.05) is 31.4 Å². The van der Waals surface area contributed by atoms with Crippen LogP contribution in [0, 0.1) is 5.92 Å². The van der Waals surface area contributed by atoms with Gasteiger partial charge in [-0.15, -0.1) is 0 Å². The van der Waals surface area contributed by atoms with Crippen molar-refractivity contribution in [1.29, 1.82) is 0 Å². The minimum absolute atomic E-state index is 0.113. The predicted octanol–water partition coefficient (Wildman–Crippen LogP) is 3.87. The van der Waals surface area contributed by atoms with Gasteiger partial charge in [-0.25, -0.2) is 8.42 Å². The molecule has 1 saturated carbocycles. The van der Waals surface area contributed by atoms with Gasteiger partial charge in [-0.3, -0.25) is 14.4 Å². The number of piperidine rings is 1. The third kappa shape index (κ3) is 7.94. The summed E-state index contributed by atoms with van der Waals surface area (Å²) < 4.78 is 30.9. The first-order valence-electron chi connectivity index (χ1n) is 12.8. The van der Waals surface area contributed by atoms with Crippen molar-refractivity contribution in [3.8, 4) is 11.5 Å². The van der Waals surface area contributed by atoms with E-state index in [1.54, 1.807) is 24.3 Å². The predicted molar refractivity (Wildman–Crippen MR) is 140 cm³/mol. The number of hydrogen-bond donors (Lipinski definition) is 3. The number of amides is 1. The van der Waals surface area contributed by atoms with Gasteiger partial charge in [0.05, 0.1) is 6.26 Å². The normalized spacial score (nSPS) is 18.9. The molecule has 4 rings (SSSR count). The summed E-state index contributed by atoms with van der Waals surface area (Å²) in [5, 5.41) is 13.5. The molecule has 1 atom stereocenters. The Bertz CT molecular complexity index is 1090. The number of anilines is 1. The Hall–Kier alpha value is -2.62. The minimum Gasteiger partial charge on any atom is -0.457 e. The molecular formula is C27H37N3O5S. The van der Waals surface area contributed by atoms with E-state index in [4.69, 9.17) is 4.74 Å². The van der Waals surface area contributed by atoms with E-state index in [9.17, 15) is 18.3 Å². The van der Waals surface area contributed by atoms with Crippen LogP contribution in [0.5, 0.6) is 11.5 Å². The van der Waals surface area contributed by atoms with E-state index >= 15 is 0 Å². The molecule has 2 aromatic carbocycles. The molecular weight excluding hydrogens is 478 g/mol. The van der Waals surface area contributed by atoms with E-state index in [1.165, 1.54) is 12.0 Å². The Labute approximate surface area is 214 Å². The number of aliphatic hydroxyl groups excluding tert-OH is 1. The number of nitrogens with one attached hydrogen (secondary N) is 2. The van der Waals surface area contributed by atoms with Crippen molar-refractivity contribution in [1.82, 2.24) is 10.2 Å². The molecule has 0 bridgehead atoms. The zero-order chi connectivity index (χ0) is 25.5. The molecule has 1 aliphatic carbocycles. The number of nitrogens with zero attached hydrogens (tertiary/aromatic N) is 1. The smallest absolute Gasteiger partial charge is 0.249 e. The third-order valence-corrected chi connectivity index (χ3v) is 7.63. The van der Waals surface area contributed by atoms with E-state index in [0.717, 1.165) is 64.4 Å². The van der Waals surface area contributed by atoms with E-state index < -0.39 is 16.1 Å². The number of carbonyl (C=O) groups is 1. The maximum Gasteiger partial charge on any atom is 0.249 e. The van der Waals surface area contributed by atoms with Crippen LogP contribution in [-0.2, 0) is 21.4 Å². The summed E-state index contributed by atoms with van der Waals surface area (Å²) in [6.07, 6.45) is 7.34. The molecule has 0 radical (unpaired) electrons. The number of rotatable bonds is 9. The van der Waals surface area contributed by atoms with Gasteiger partial charge in [-0.2, -0.15) is 0 Å². The van der Waals surface area contributed by atoms with Gasteiger partial charge in [0.25, 0.3) is 0 Å². The number of aliphatic hydroxyl groups is 1. The fraction of sp³-hybridized carbons (Fsp3) is 0.519. The molecule has 0 aromatic heterocycles. The van der Waals surface area contributed by atoms with Gasteiger partial charge in [-0.1, -0.05) is 31.4 Å². The fourth-order valence-corrected chi connectivity index (χ4v) is 5.61. The molecule has 196 valence electrons. The standard InChI is InChI=1S/C27H37N3O5S/c1-36(33,34)29-23-9-13-25(14-10-23)35-24-11-7-20(8-12-24)19-30-17-15-22(16-18-30)28-27(32)26(31)21-5-3-2-4-6-21/h7-14,21-22,26,29,31H,2-6,15-19H2,1H3,(H,28,32)/t26-/m1/s1. The van der Waals surface area contributed by atoms with Gasteiger partial charge in [-0.05, 0) is 73.6 Å². The first-order valence-corrected chi connectivity index (χ1v) is 14.7. The molecule has 1 aliphatic heterocycles. The van der Waals surface area contributed by atoms with Crippen LogP contribution in [0.3, 0.4) is 0 Å². The average molecular weight is 516 g/mol. The maximum absolute atomic E-state index is 12.5. The van der Waals surface area contributed by atoms with Gasteiger partial charge >= 0.3 is 0 Å². The second-order valence-electron chi connectivity index (χ2n) is 10.0. The van der Waals surface area contributed by atoms with Crippen LogP contribution in [0.4, 0.5) is 5.69 Å². The van der Waals surface area contributed by atoms with Crippen LogP contribution in [0.2, 0.25) is 0 Å². The van der Waals surface area contributed by atoms with Crippen molar-refractivity contribution in [2.75, 3.05) is 24.1 Å². The number of benzene rings is 2. The van der Waals surface area contributed by atoms with Crippen LogP contribution in [0.15, 0.2) is 48.5 Å². The summed E-state index contributed by atoms with van der Waals surface area (Å²) in [6, 6.07) is 14.8. The van der Waals surface area contributed by atoms with Crippen molar-refractivity contribution < 1.29 is 23.1 Å². The highest BCUT2D eigenvalue weighted by Gasteiger charge is 2.29. The molecule has 1 saturated heterocycles. The number of likely N-dealkylation sites (tertiary alicyclic amines) is 1. The van der Waals surface area contributed by atoms with Crippen molar-refractivity contribution in [2.45, 2.75) is 63.6 Å². The fourth-order valence-electron chi connectivity index (χ4n) is 5.05. The largest absolute Gasteiger partial charge is 0.457 e. The Balaban J connectivity index is 1.20. The van der Waals surface area contributed by atoms with E-state index in [1.807, 2.05) is 24.3 Å². The Morgan fingerprint density at radius 2 is 1.56 bits per heavy atom. The molecule has 2 aromatic rings. The topological polar surface area (TPSA) is 108 Å². The molecule has 0 unspecified atom stereocenters. The summed E-state index contributed by atoms with van der Waals surface area (Å²) in [5.41, 5.74) is 1.68. The quantitative estimate of drug-likeness (QED) is 0.468. The summed E-state index contributed by atoms with van der Waals surface area (Å²) in [7, 11) is -3.31. The lowest BCUT2D eigenvalue weighted by Crippen LogP contribution is -2.49. The minimum atomic E-state index is -3.31. The lowest BCUT2D eigenvalue weighted by Gasteiger charge is -2.33. The Morgan fingerprint density at radius 3 is 2.14 bits per heavy atom. The van der Waals surface area contributed by atoms with E-state index in [0.29, 0.717) is 17.2 Å². The Morgan fingerprint density at radius 1 is 0.972 bits per heavy atom. The van der Waals surface area contributed by atoms with Crippen molar-refractivity contribution >= 4 is 21.6 Å². The molecule has 1 amide bonds. The molecule has 8 nitrogen and oxygen atoms in total. The highest BCUT2D eigenvalue weighted by molar-refractivity contribution is 7.92. The molecule has 2 aliphatic rings. The van der Waals surface area contributed by atoms with Crippen LogP contribution < -0.4 is 14.8 Å². The van der Waals surface area contributed by atoms with Gasteiger partial charge in [0.2, 0.25) is 15.9 Å². The van der Waals surface area contributed by atoms with Crippen LogP contribution in [0.1, 0.15) is 50.5 Å². The number of hydrogen-bond acceptors (Lipinski definition) is 6. The van der Waals surface area contributed by atoms with Crippen molar-refractivity contribution in [3.05, 3.63) is 54.1 Å². The maximum atomic E-state index is 12.5. The second-order valence-corrected chi connectivity index (χ2v) is 11.8. The molecule has 0 spiro atoms. The number of carbonyl (C=O) groups excluding carboxylic acids is 1. The SMILES string of the molecule is CS(=O)(=O)Nc1ccc(Oc2ccc(CN3CCC(NC(=O)[C@H](O)C4CCCCC4)CC3)cc2)cc1. The van der Waals surface area contributed by atoms with Crippen LogP contribution >= 0.6 is 0 Å². The lowest BCUT2D eigenvalue weighted by molar-refractivity contribution is -0.133. The van der Waals surface area contributed by atoms with Crippen LogP contribution in [-0.4, -0.2) is 55.8 Å². The monoisotopic (exact) mass is 515 g/mol. The molecule has 1 heterocycles. The summed E-state index contributed by atoms with van der Waals surface area (Å²) >= 11 is 0. The zero-order valence-corrected chi connectivity index (χ0v) is 21.7. The van der Waals surface area contributed by atoms with Crippen molar-refractivity contribution in [3.63, 3.8) is 0 Å². The molecule has 9 heteroatoms. The van der Waals surface area contributed by atoms with E-state index in [-0.39, 0.29) is 17.9 Å². The summed E-state index contributed by atoms with van der Waals surface area (Å²) in [6.45, 7) is 2.63. The van der Waals surface area contributed by atoms with Crippen LogP contribution in [0.25, 0.3) is 0 Å². The first kappa shape index (κ1) is 26.4. The molecule has 3 N–H and O–H groups in total. The average Bonchev–Trinajstić information content (AvgIpc) is 2.87.